The Morgan fingerprint density at radius 3 is 2.37 bits per heavy atom. The third-order valence-electron chi connectivity index (χ3n) is 5.57. The predicted molar refractivity (Wildman–Crippen MR) is 114 cm³/mol. The fourth-order valence-corrected chi connectivity index (χ4v) is 3.82. The van der Waals surface area contributed by atoms with Crippen molar-refractivity contribution in [2.24, 2.45) is 0 Å². The Morgan fingerprint density at radius 2 is 1.73 bits per heavy atom. The van der Waals surface area contributed by atoms with Gasteiger partial charge >= 0.3 is 5.97 Å². The number of carboxylic acid groups (broad SMARTS) is 1. The van der Waals surface area contributed by atoms with Crippen LogP contribution in [0.3, 0.4) is 0 Å². The van der Waals surface area contributed by atoms with E-state index in [2.05, 4.69) is 24.4 Å². The van der Waals surface area contributed by atoms with E-state index in [0.717, 1.165) is 17.5 Å². The van der Waals surface area contributed by atoms with Crippen LogP contribution in [0.15, 0.2) is 54.6 Å². The highest BCUT2D eigenvalue weighted by Crippen LogP contribution is 2.24. The number of aliphatic carboxylic acids is 1. The van der Waals surface area contributed by atoms with Gasteiger partial charge in [-0.3, -0.25) is 9.59 Å². The van der Waals surface area contributed by atoms with E-state index in [-0.39, 0.29) is 30.7 Å². The number of likely N-dealkylation sites (tertiary alicyclic amines) is 1. The maximum absolute atomic E-state index is 12.6. The van der Waals surface area contributed by atoms with Crippen LogP contribution in [0.5, 0.6) is 0 Å². The van der Waals surface area contributed by atoms with Crippen LogP contribution in [0.1, 0.15) is 42.9 Å². The van der Waals surface area contributed by atoms with E-state index in [1.807, 2.05) is 42.5 Å². The topological polar surface area (TPSA) is 86.7 Å². The summed E-state index contributed by atoms with van der Waals surface area (Å²) in [5, 5.41) is 12.1. The Morgan fingerprint density at radius 1 is 1.07 bits per heavy atom. The average Bonchev–Trinajstić information content (AvgIpc) is 3.08. The number of hydrogen-bond donors (Lipinski definition) is 2. The second-order valence-electron chi connectivity index (χ2n) is 7.74. The molecule has 2 amide bonds. The monoisotopic (exact) mass is 408 g/mol. The minimum absolute atomic E-state index is 0.0337. The molecule has 1 heterocycles. The van der Waals surface area contributed by atoms with E-state index in [9.17, 15) is 19.5 Å². The lowest BCUT2D eigenvalue weighted by atomic mass is 10.0. The largest absolute Gasteiger partial charge is 0.480 e. The van der Waals surface area contributed by atoms with Gasteiger partial charge in [0.05, 0.1) is 0 Å². The molecule has 6 heteroatoms. The van der Waals surface area contributed by atoms with Crippen molar-refractivity contribution in [3.8, 4) is 0 Å². The van der Waals surface area contributed by atoms with Gasteiger partial charge in [-0.2, -0.15) is 0 Å². The van der Waals surface area contributed by atoms with Gasteiger partial charge in [-0.1, -0.05) is 61.5 Å². The molecular weight excluding hydrogens is 380 g/mol. The first-order valence-electron chi connectivity index (χ1n) is 10.4. The minimum Gasteiger partial charge on any atom is -0.480 e. The van der Waals surface area contributed by atoms with Crippen LogP contribution >= 0.6 is 0 Å². The molecule has 0 radical (unpaired) electrons. The van der Waals surface area contributed by atoms with Gasteiger partial charge in [-0.15, -0.1) is 0 Å². The van der Waals surface area contributed by atoms with Gasteiger partial charge in [-0.05, 0) is 29.5 Å². The number of hydrogen-bond acceptors (Lipinski definition) is 3. The summed E-state index contributed by atoms with van der Waals surface area (Å²) in [4.78, 5) is 38.3. The molecule has 0 spiro atoms. The highest BCUT2D eigenvalue weighted by Gasteiger charge is 2.33. The summed E-state index contributed by atoms with van der Waals surface area (Å²) in [6.45, 7) is 2.56. The molecule has 1 unspecified atom stereocenters. The van der Waals surface area contributed by atoms with Crippen LogP contribution in [0.4, 0.5) is 0 Å². The van der Waals surface area contributed by atoms with Gasteiger partial charge in [0.15, 0.2) is 0 Å². The van der Waals surface area contributed by atoms with E-state index < -0.39 is 12.0 Å². The van der Waals surface area contributed by atoms with Crippen molar-refractivity contribution >= 4 is 17.8 Å². The lowest BCUT2D eigenvalue weighted by molar-refractivity contribution is -0.142. The van der Waals surface area contributed by atoms with Crippen LogP contribution in [0.2, 0.25) is 0 Å². The number of benzene rings is 2. The Kier molecular flexibility index (Phi) is 7.22. The van der Waals surface area contributed by atoms with Gasteiger partial charge in [0.25, 0.3) is 0 Å². The van der Waals surface area contributed by atoms with Crippen molar-refractivity contribution in [3.05, 3.63) is 71.3 Å². The summed E-state index contributed by atoms with van der Waals surface area (Å²) in [5.74, 6) is -1.38. The summed E-state index contributed by atoms with van der Waals surface area (Å²) in [6.07, 6.45) is 2.31. The van der Waals surface area contributed by atoms with E-state index >= 15 is 0 Å². The molecule has 6 nitrogen and oxygen atoms in total. The van der Waals surface area contributed by atoms with Crippen molar-refractivity contribution in [1.29, 1.82) is 0 Å². The van der Waals surface area contributed by atoms with Crippen LogP contribution in [-0.4, -0.2) is 39.9 Å². The summed E-state index contributed by atoms with van der Waals surface area (Å²) in [6, 6.07) is 16.1. The summed E-state index contributed by atoms with van der Waals surface area (Å²) in [7, 11) is 0. The standard InChI is InChI=1S/C24H28N2O4/c1-2-17-8-10-19(11-9-17)16-26-20(12-13-23(26)28)15-22(27)25-21(24(29)30)14-18-6-4-3-5-7-18/h3-11,20-21H,2,12-16H2,1H3,(H,25,27)(H,29,30)/t20?,21-/m1/s1. The molecule has 1 aliphatic heterocycles. The number of carboxylic acids is 1. The second kappa shape index (κ2) is 10.1. The average molecular weight is 408 g/mol. The lowest BCUT2D eigenvalue weighted by Gasteiger charge is -2.25. The molecule has 3 rings (SSSR count). The van der Waals surface area contributed by atoms with Crippen molar-refractivity contribution in [3.63, 3.8) is 0 Å². The molecule has 158 valence electrons. The maximum atomic E-state index is 12.6. The molecular formula is C24H28N2O4. The SMILES string of the molecule is CCc1ccc(CN2C(=O)CCC2CC(=O)N[C@H](Cc2ccccc2)C(=O)O)cc1. The number of amides is 2. The lowest BCUT2D eigenvalue weighted by Crippen LogP contribution is -2.44. The Bertz CT molecular complexity index is 880. The zero-order valence-electron chi connectivity index (χ0n) is 17.2. The third kappa shape index (κ3) is 5.69. The molecule has 0 saturated carbocycles. The molecule has 1 fully saturated rings. The molecule has 2 aromatic rings. The van der Waals surface area contributed by atoms with Gasteiger partial charge < -0.3 is 15.3 Å². The van der Waals surface area contributed by atoms with Gasteiger partial charge in [0.2, 0.25) is 11.8 Å². The van der Waals surface area contributed by atoms with Gasteiger partial charge in [-0.25, -0.2) is 4.79 Å². The van der Waals surface area contributed by atoms with Crippen molar-refractivity contribution in [2.75, 3.05) is 0 Å². The number of nitrogens with zero attached hydrogens (tertiary/aromatic N) is 1. The van der Waals surface area contributed by atoms with E-state index in [0.29, 0.717) is 19.4 Å². The van der Waals surface area contributed by atoms with Crippen molar-refractivity contribution < 1.29 is 19.5 Å². The Balaban J connectivity index is 1.60. The van der Waals surface area contributed by atoms with Crippen LogP contribution < -0.4 is 5.32 Å². The van der Waals surface area contributed by atoms with E-state index in [1.165, 1.54) is 5.56 Å². The number of nitrogens with one attached hydrogen (secondary N) is 1. The van der Waals surface area contributed by atoms with Gasteiger partial charge in [0.1, 0.15) is 6.04 Å². The van der Waals surface area contributed by atoms with Crippen LogP contribution in [0.25, 0.3) is 0 Å². The van der Waals surface area contributed by atoms with Crippen LogP contribution in [0, 0.1) is 0 Å². The predicted octanol–water partition coefficient (Wildman–Crippen LogP) is 2.94. The van der Waals surface area contributed by atoms with Crippen LogP contribution in [-0.2, 0) is 33.8 Å². The molecule has 2 aromatic carbocycles. The molecule has 1 aliphatic rings. The van der Waals surface area contributed by atoms with Gasteiger partial charge in [0, 0.05) is 31.8 Å². The normalized spacial score (nSPS) is 17.0. The Labute approximate surface area is 176 Å². The summed E-state index contributed by atoms with van der Waals surface area (Å²) >= 11 is 0. The summed E-state index contributed by atoms with van der Waals surface area (Å²) in [5.41, 5.74) is 3.11. The first-order chi connectivity index (χ1) is 14.5. The second-order valence-corrected chi connectivity index (χ2v) is 7.74. The molecule has 0 aliphatic carbocycles. The molecule has 2 atom stereocenters. The first kappa shape index (κ1) is 21.6. The molecule has 1 saturated heterocycles. The summed E-state index contributed by atoms with van der Waals surface area (Å²) < 4.78 is 0. The number of aryl methyl sites for hydroxylation is 1. The molecule has 0 aromatic heterocycles. The minimum atomic E-state index is -1.07. The maximum Gasteiger partial charge on any atom is 0.326 e. The zero-order chi connectivity index (χ0) is 21.5. The smallest absolute Gasteiger partial charge is 0.326 e. The highest BCUT2D eigenvalue weighted by atomic mass is 16.4. The number of carbonyl (C=O) groups is 3. The molecule has 0 bridgehead atoms. The zero-order valence-corrected chi connectivity index (χ0v) is 17.2. The first-order valence-corrected chi connectivity index (χ1v) is 10.4. The van der Waals surface area contributed by atoms with Crippen molar-refractivity contribution in [2.45, 2.75) is 57.7 Å². The quantitative estimate of drug-likeness (QED) is 0.668. The molecule has 30 heavy (non-hydrogen) atoms. The van der Waals surface area contributed by atoms with E-state index in [4.69, 9.17) is 0 Å². The fraction of sp³-hybridized carbons (Fsp3) is 0.375. The number of rotatable bonds is 9. The third-order valence-corrected chi connectivity index (χ3v) is 5.57. The molecule has 2 N–H and O–H groups in total. The van der Waals surface area contributed by atoms with Crippen molar-refractivity contribution in [1.82, 2.24) is 10.2 Å². The van der Waals surface area contributed by atoms with E-state index in [1.54, 1.807) is 4.90 Å². The number of carbonyl (C=O) groups excluding carboxylic acids is 2. The highest BCUT2D eigenvalue weighted by molar-refractivity contribution is 5.85. The Hall–Kier alpha value is -3.15. The fourth-order valence-electron chi connectivity index (χ4n) is 3.82.